The first kappa shape index (κ1) is 12.6. The first-order valence-electron chi connectivity index (χ1n) is 6.08. The van der Waals surface area contributed by atoms with Crippen LogP contribution in [0.3, 0.4) is 0 Å². The van der Waals surface area contributed by atoms with Crippen LogP contribution in [-0.4, -0.2) is 25.4 Å². The molecule has 0 atom stereocenters. The molecule has 3 heterocycles. The molecule has 3 aromatic rings. The maximum Gasteiger partial charge on any atom is 0.261 e. The average molecular weight is 287 g/mol. The van der Waals surface area contributed by atoms with E-state index in [1.54, 1.807) is 24.7 Å². The zero-order chi connectivity index (χ0) is 13.9. The lowest BCUT2D eigenvalue weighted by Crippen LogP contribution is -2.23. The summed E-state index contributed by atoms with van der Waals surface area (Å²) in [5.74, 6) is 1.50. The molecular formula is C13H13N5OS. The van der Waals surface area contributed by atoms with Crippen LogP contribution in [0.25, 0.3) is 10.7 Å². The number of hydrogen-bond acceptors (Lipinski definition) is 4. The summed E-state index contributed by atoms with van der Waals surface area (Å²) in [7, 11) is 1.90. The molecule has 102 valence electrons. The van der Waals surface area contributed by atoms with E-state index in [0.29, 0.717) is 11.4 Å². The molecule has 0 unspecified atom stereocenters. The molecule has 0 aromatic carbocycles. The smallest absolute Gasteiger partial charge is 0.261 e. The van der Waals surface area contributed by atoms with E-state index in [1.807, 2.05) is 23.9 Å². The van der Waals surface area contributed by atoms with Crippen molar-refractivity contribution in [1.82, 2.24) is 24.8 Å². The van der Waals surface area contributed by atoms with Crippen molar-refractivity contribution >= 4 is 17.2 Å². The van der Waals surface area contributed by atoms with Crippen LogP contribution in [0.4, 0.5) is 0 Å². The molecule has 6 nitrogen and oxygen atoms in total. The molecule has 0 saturated carbocycles. The largest absolute Gasteiger partial charge is 0.344 e. The predicted molar refractivity (Wildman–Crippen MR) is 76.3 cm³/mol. The lowest BCUT2D eigenvalue weighted by atomic mass is 10.4. The molecule has 1 amide bonds. The van der Waals surface area contributed by atoms with Gasteiger partial charge in [0.05, 0.1) is 16.3 Å². The molecule has 0 aliphatic rings. The summed E-state index contributed by atoms with van der Waals surface area (Å²) in [4.78, 5) is 25.0. The van der Waals surface area contributed by atoms with Crippen molar-refractivity contribution in [3.05, 3.63) is 47.6 Å². The fraction of sp³-hybridized carbons (Fsp3) is 0.154. The Morgan fingerprint density at radius 1 is 1.40 bits per heavy atom. The molecular weight excluding hydrogens is 274 g/mol. The highest BCUT2D eigenvalue weighted by Crippen LogP contribution is 2.25. The third kappa shape index (κ3) is 2.48. The monoisotopic (exact) mass is 287 g/mol. The standard InChI is InChI=1S/C13H13N5OS/c1-18-7-6-14-11(18)8-17-13(19)10-3-2-9(20-10)12-15-4-5-16-12/h2-7H,8H2,1H3,(H,15,16)(H,17,19). The maximum absolute atomic E-state index is 12.1. The van der Waals surface area contributed by atoms with Crippen molar-refractivity contribution in [3.63, 3.8) is 0 Å². The van der Waals surface area contributed by atoms with E-state index in [9.17, 15) is 4.79 Å². The minimum absolute atomic E-state index is 0.101. The van der Waals surface area contributed by atoms with Crippen molar-refractivity contribution in [3.8, 4) is 10.7 Å². The van der Waals surface area contributed by atoms with Gasteiger partial charge in [-0.2, -0.15) is 0 Å². The average Bonchev–Trinajstić information content (AvgIpc) is 3.17. The van der Waals surface area contributed by atoms with Gasteiger partial charge in [0.1, 0.15) is 11.6 Å². The van der Waals surface area contributed by atoms with Crippen LogP contribution in [-0.2, 0) is 13.6 Å². The quantitative estimate of drug-likeness (QED) is 0.768. The fourth-order valence-corrected chi connectivity index (χ4v) is 2.68. The minimum atomic E-state index is -0.101. The molecule has 3 rings (SSSR count). The molecule has 0 spiro atoms. The van der Waals surface area contributed by atoms with Gasteiger partial charge in [0.15, 0.2) is 0 Å². The SMILES string of the molecule is Cn1ccnc1CNC(=O)c1ccc(-c2ncc[nH]2)s1. The number of carbonyl (C=O) groups is 1. The van der Waals surface area contributed by atoms with Gasteiger partial charge in [-0.25, -0.2) is 9.97 Å². The Morgan fingerprint density at radius 3 is 3.00 bits per heavy atom. The first-order chi connectivity index (χ1) is 9.74. The van der Waals surface area contributed by atoms with Gasteiger partial charge in [-0.1, -0.05) is 0 Å². The van der Waals surface area contributed by atoms with Crippen molar-refractivity contribution in [2.24, 2.45) is 7.05 Å². The van der Waals surface area contributed by atoms with Crippen molar-refractivity contribution in [2.45, 2.75) is 6.54 Å². The van der Waals surface area contributed by atoms with E-state index < -0.39 is 0 Å². The Bertz CT molecular complexity index is 713. The van der Waals surface area contributed by atoms with E-state index in [1.165, 1.54) is 11.3 Å². The third-order valence-electron chi connectivity index (χ3n) is 2.89. The molecule has 20 heavy (non-hydrogen) atoms. The Hall–Kier alpha value is -2.41. The first-order valence-corrected chi connectivity index (χ1v) is 6.89. The van der Waals surface area contributed by atoms with Crippen molar-refractivity contribution in [2.75, 3.05) is 0 Å². The summed E-state index contributed by atoms with van der Waals surface area (Å²) in [5, 5.41) is 2.86. The summed E-state index contributed by atoms with van der Waals surface area (Å²) in [6.07, 6.45) is 7.01. The van der Waals surface area contributed by atoms with Crippen molar-refractivity contribution < 1.29 is 4.79 Å². The number of nitrogens with zero attached hydrogens (tertiary/aromatic N) is 3. The Labute approximate surface area is 119 Å². The van der Waals surface area contributed by atoms with Crippen molar-refractivity contribution in [1.29, 1.82) is 0 Å². The second-order valence-corrected chi connectivity index (χ2v) is 5.32. The zero-order valence-electron chi connectivity index (χ0n) is 10.8. The van der Waals surface area contributed by atoms with Gasteiger partial charge in [-0.3, -0.25) is 4.79 Å². The molecule has 7 heteroatoms. The van der Waals surface area contributed by atoms with Gasteiger partial charge >= 0.3 is 0 Å². The summed E-state index contributed by atoms with van der Waals surface area (Å²) < 4.78 is 1.88. The van der Waals surface area contributed by atoms with Crippen LogP contribution in [0.5, 0.6) is 0 Å². The van der Waals surface area contributed by atoms with Gasteiger partial charge in [0.25, 0.3) is 5.91 Å². The van der Waals surface area contributed by atoms with Gasteiger partial charge in [-0.15, -0.1) is 11.3 Å². The number of imidazole rings is 2. The molecule has 0 aliphatic heterocycles. The molecule has 0 bridgehead atoms. The number of aromatic nitrogens is 4. The number of hydrogen-bond donors (Lipinski definition) is 2. The summed E-state index contributed by atoms with van der Waals surface area (Å²) in [6, 6.07) is 3.69. The molecule has 0 radical (unpaired) electrons. The molecule has 0 fully saturated rings. The van der Waals surface area contributed by atoms with Crippen LogP contribution >= 0.6 is 11.3 Å². The highest BCUT2D eigenvalue weighted by molar-refractivity contribution is 7.17. The predicted octanol–water partition coefficient (Wildman–Crippen LogP) is 1.80. The zero-order valence-corrected chi connectivity index (χ0v) is 11.6. The minimum Gasteiger partial charge on any atom is -0.344 e. The number of nitrogens with one attached hydrogen (secondary N) is 2. The summed E-state index contributed by atoms with van der Waals surface area (Å²) in [5.41, 5.74) is 0. The molecule has 2 N–H and O–H groups in total. The number of rotatable bonds is 4. The van der Waals surface area contributed by atoms with E-state index in [2.05, 4.69) is 20.3 Å². The lowest BCUT2D eigenvalue weighted by Gasteiger charge is -2.03. The number of aromatic amines is 1. The van der Waals surface area contributed by atoms with E-state index in [0.717, 1.165) is 16.5 Å². The fourth-order valence-electron chi connectivity index (χ4n) is 1.80. The van der Waals surface area contributed by atoms with Crippen LogP contribution in [0.15, 0.2) is 36.9 Å². The number of amides is 1. The Morgan fingerprint density at radius 2 is 2.30 bits per heavy atom. The Balaban J connectivity index is 1.67. The molecule has 0 saturated heterocycles. The highest BCUT2D eigenvalue weighted by atomic mass is 32.1. The number of carbonyl (C=O) groups excluding carboxylic acids is 1. The van der Waals surface area contributed by atoms with Gasteiger partial charge in [0, 0.05) is 31.8 Å². The number of H-pyrrole nitrogens is 1. The van der Waals surface area contributed by atoms with E-state index in [-0.39, 0.29) is 5.91 Å². The van der Waals surface area contributed by atoms with E-state index >= 15 is 0 Å². The second kappa shape index (κ2) is 5.30. The van der Waals surface area contributed by atoms with Gasteiger partial charge in [0.2, 0.25) is 0 Å². The Kier molecular flexibility index (Phi) is 3.34. The molecule has 3 aromatic heterocycles. The van der Waals surface area contributed by atoms with Gasteiger partial charge in [-0.05, 0) is 12.1 Å². The number of thiophene rings is 1. The lowest BCUT2D eigenvalue weighted by molar-refractivity contribution is 0.0953. The highest BCUT2D eigenvalue weighted by Gasteiger charge is 2.11. The van der Waals surface area contributed by atoms with Crippen LogP contribution in [0.2, 0.25) is 0 Å². The topological polar surface area (TPSA) is 75.6 Å². The third-order valence-corrected chi connectivity index (χ3v) is 3.98. The number of aryl methyl sites for hydroxylation is 1. The van der Waals surface area contributed by atoms with Crippen LogP contribution in [0, 0.1) is 0 Å². The summed E-state index contributed by atoms with van der Waals surface area (Å²) in [6.45, 7) is 0.413. The van der Waals surface area contributed by atoms with Gasteiger partial charge < -0.3 is 14.9 Å². The normalized spacial score (nSPS) is 10.7. The second-order valence-electron chi connectivity index (χ2n) is 4.24. The van der Waals surface area contributed by atoms with E-state index in [4.69, 9.17) is 0 Å². The summed E-state index contributed by atoms with van der Waals surface area (Å²) >= 11 is 1.41. The van der Waals surface area contributed by atoms with Crippen LogP contribution in [0.1, 0.15) is 15.5 Å². The van der Waals surface area contributed by atoms with Crippen LogP contribution < -0.4 is 5.32 Å². The maximum atomic E-state index is 12.1. The molecule has 0 aliphatic carbocycles.